The molecule has 0 N–H and O–H groups in total. The molecule has 0 aliphatic rings. The number of fused-ring (bicyclic) bond motifs is 4. The zero-order chi connectivity index (χ0) is 33.4. The minimum absolute atomic E-state index is 1.08. The van der Waals surface area contributed by atoms with Gasteiger partial charge in [-0.05, 0) is 106 Å². The van der Waals surface area contributed by atoms with E-state index in [2.05, 4.69) is 183 Å². The predicted molar refractivity (Wildman–Crippen MR) is 217 cm³/mol. The van der Waals surface area contributed by atoms with Gasteiger partial charge in [-0.25, -0.2) is 0 Å². The molecule has 0 aliphatic heterocycles. The van der Waals surface area contributed by atoms with Crippen molar-refractivity contribution in [2.75, 3.05) is 0 Å². The van der Waals surface area contributed by atoms with Gasteiger partial charge in [-0.2, -0.15) is 0 Å². The Balaban J connectivity index is 1.40. The molecule has 9 rings (SSSR count). The summed E-state index contributed by atoms with van der Waals surface area (Å²) < 4.78 is 0. The van der Waals surface area contributed by atoms with E-state index in [1.54, 1.807) is 0 Å². The summed E-state index contributed by atoms with van der Waals surface area (Å²) in [6.07, 6.45) is 3.43. The summed E-state index contributed by atoms with van der Waals surface area (Å²) in [6, 6.07) is 65.3. The van der Waals surface area contributed by atoms with Crippen molar-refractivity contribution in [1.82, 2.24) is 0 Å². The maximum absolute atomic E-state index is 2.50. The van der Waals surface area contributed by atoms with Gasteiger partial charge in [0, 0.05) is 0 Å². The zero-order valence-electron chi connectivity index (χ0n) is 28.4. The van der Waals surface area contributed by atoms with Gasteiger partial charge in [0.2, 0.25) is 0 Å². The summed E-state index contributed by atoms with van der Waals surface area (Å²) in [5, 5.41) is 10.2. The molecule has 0 unspecified atom stereocenters. The van der Waals surface area contributed by atoms with Crippen LogP contribution in [0.1, 0.15) is 25.3 Å². The molecule has 0 amide bonds. The fourth-order valence-electron chi connectivity index (χ4n) is 8.13. The van der Waals surface area contributed by atoms with Crippen molar-refractivity contribution < 1.29 is 0 Å². The van der Waals surface area contributed by atoms with Crippen molar-refractivity contribution in [3.05, 3.63) is 181 Å². The smallest absolute Gasteiger partial charge is 0.00200 e. The minimum Gasteiger partial charge on any atom is -0.0654 e. The van der Waals surface area contributed by atoms with E-state index < -0.39 is 0 Å². The van der Waals surface area contributed by atoms with E-state index in [0.717, 1.165) is 6.42 Å². The maximum Gasteiger partial charge on any atom is -0.00200 e. The Kier molecular flexibility index (Phi) is 7.71. The average Bonchev–Trinajstić information content (AvgIpc) is 3.18. The van der Waals surface area contributed by atoms with Crippen LogP contribution in [0.4, 0.5) is 0 Å². The van der Waals surface area contributed by atoms with Crippen LogP contribution in [-0.2, 0) is 6.42 Å². The van der Waals surface area contributed by atoms with Crippen LogP contribution in [0.15, 0.2) is 176 Å². The summed E-state index contributed by atoms with van der Waals surface area (Å²) in [4.78, 5) is 0. The van der Waals surface area contributed by atoms with Gasteiger partial charge < -0.3 is 0 Å². The molecule has 50 heavy (non-hydrogen) atoms. The van der Waals surface area contributed by atoms with Crippen molar-refractivity contribution in [3.63, 3.8) is 0 Å². The van der Waals surface area contributed by atoms with Crippen LogP contribution in [0.5, 0.6) is 0 Å². The molecule has 238 valence electrons. The number of hydrogen-bond acceptors (Lipinski definition) is 0. The van der Waals surface area contributed by atoms with Crippen LogP contribution in [0.25, 0.3) is 87.6 Å². The van der Waals surface area contributed by atoms with Crippen molar-refractivity contribution in [3.8, 4) is 44.5 Å². The molecule has 0 radical (unpaired) electrons. The molecule has 0 spiro atoms. The first-order valence-corrected chi connectivity index (χ1v) is 17.9. The number of hydrogen-bond donors (Lipinski definition) is 0. The zero-order valence-corrected chi connectivity index (χ0v) is 28.4. The molecule has 0 heterocycles. The van der Waals surface area contributed by atoms with Gasteiger partial charge in [0.1, 0.15) is 0 Å². The fourth-order valence-corrected chi connectivity index (χ4v) is 8.13. The quantitative estimate of drug-likeness (QED) is 0.152. The van der Waals surface area contributed by atoms with E-state index in [4.69, 9.17) is 0 Å². The summed E-state index contributed by atoms with van der Waals surface area (Å²) >= 11 is 0. The van der Waals surface area contributed by atoms with E-state index >= 15 is 0 Å². The van der Waals surface area contributed by atoms with Gasteiger partial charge in [0.25, 0.3) is 0 Å². The van der Waals surface area contributed by atoms with Crippen molar-refractivity contribution in [2.24, 2.45) is 0 Å². The van der Waals surface area contributed by atoms with Crippen molar-refractivity contribution >= 4 is 43.1 Å². The molecule has 0 saturated heterocycles. The first-order chi connectivity index (χ1) is 24.8. The van der Waals surface area contributed by atoms with Gasteiger partial charge in [0.15, 0.2) is 0 Å². The van der Waals surface area contributed by atoms with Crippen LogP contribution in [-0.4, -0.2) is 0 Å². The maximum atomic E-state index is 2.50. The van der Waals surface area contributed by atoms with E-state index in [1.165, 1.54) is 106 Å². The van der Waals surface area contributed by atoms with Crippen LogP contribution in [0.3, 0.4) is 0 Å². The molecule has 0 nitrogen and oxygen atoms in total. The molecule has 0 aliphatic carbocycles. The third kappa shape index (κ3) is 5.08. The van der Waals surface area contributed by atoms with Crippen LogP contribution >= 0.6 is 0 Å². The van der Waals surface area contributed by atoms with E-state index in [0.29, 0.717) is 0 Å². The number of rotatable bonds is 7. The van der Waals surface area contributed by atoms with Crippen LogP contribution < -0.4 is 0 Å². The standard InChI is InChI=1S/C50H38/c1-2-3-16-34-31-32-47-48(33-34)50(44-26-11-9-24-42(44)40-30-15-20-36-18-5-7-22-38(36)40)46-28-13-12-27-45(46)49(47)43-25-10-8-23-41(43)39-29-14-19-35-17-4-6-21-37(35)39/h4-15,17-33H,2-3,16H2,1H3. The second-order valence-corrected chi connectivity index (χ2v) is 13.4. The Hall–Kier alpha value is -5.98. The van der Waals surface area contributed by atoms with Crippen LogP contribution in [0.2, 0.25) is 0 Å². The molecule has 0 heteroatoms. The third-order valence-electron chi connectivity index (χ3n) is 10.5. The largest absolute Gasteiger partial charge is 0.0654 e. The number of aryl methyl sites for hydroxylation is 1. The average molecular weight is 639 g/mol. The highest BCUT2D eigenvalue weighted by molar-refractivity contribution is 6.24. The Morgan fingerprint density at radius 3 is 1.26 bits per heavy atom. The van der Waals surface area contributed by atoms with Gasteiger partial charge in [-0.3, -0.25) is 0 Å². The number of benzene rings is 9. The summed E-state index contributed by atoms with van der Waals surface area (Å²) in [6.45, 7) is 2.28. The fraction of sp³-hybridized carbons (Fsp3) is 0.0800. The highest BCUT2D eigenvalue weighted by Gasteiger charge is 2.22. The SMILES string of the molecule is CCCCc1ccc2c(-c3ccccc3-c3cccc4ccccc34)c3ccccc3c(-c3ccccc3-c3cccc4ccccc34)c2c1. The normalized spacial score (nSPS) is 11.5. The summed E-state index contributed by atoms with van der Waals surface area (Å²) in [5.74, 6) is 0. The summed E-state index contributed by atoms with van der Waals surface area (Å²) in [5.41, 5.74) is 11.6. The predicted octanol–water partition coefficient (Wildman–Crippen LogP) is 14.3. The summed E-state index contributed by atoms with van der Waals surface area (Å²) in [7, 11) is 0. The van der Waals surface area contributed by atoms with Gasteiger partial charge in [-0.15, -0.1) is 0 Å². The third-order valence-corrected chi connectivity index (χ3v) is 10.5. The Morgan fingerprint density at radius 1 is 0.320 bits per heavy atom. The highest BCUT2D eigenvalue weighted by atomic mass is 14.2. The van der Waals surface area contributed by atoms with E-state index in [9.17, 15) is 0 Å². The lowest BCUT2D eigenvalue weighted by Crippen LogP contribution is -1.96. The lowest BCUT2D eigenvalue weighted by Gasteiger charge is -2.22. The Labute approximate surface area is 294 Å². The Morgan fingerprint density at radius 2 is 0.720 bits per heavy atom. The van der Waals surface area contributed by atoms with Crippen molar-refractivity contribution in [2.45, 2.75) is 26.2 Å². The van der Waals surface area contributed by atoms with Gasteiger partial charge >= 0.3 is 0 Å². The first kappa shape index (κ1) is 30.1. The first-order valence-electron chi connectivity index (χ1n) is 17.9. The molecular formula is C50H38. The number of unbranched alkanes of at least 4 members (excludes halogenated alkanes) is 1. The van der Waals surface area contributed by atoms with Gasteiger partial charge in [0.05, 0.1) is 0 Å². The van der Waals surface area contributed by atoms with Gasteiger partial charge in [-0.1, -0.05) is 189 Å². The molecular weight excluding hydrogens is 601 g/mol. The molecule has 0 bridgehead atoms. The minimum atomic E-state index is 1.08. The second-order valence-electron chi connectivity index (χ2n) is 13.4. The molecule has 9 aromatic carbocycles. The van der Waals surface area contributed by atoms with E-state index in [-0.39, 0.29) is 0 Å². The molecule has 0 saturated carbocycles. The lowest BCUT2D eigenvalue weighted by molar-refractivity contribution is 0.796. The lowest BCUT2D eigenvalue weighted by atomic mass is 9.81. The molecule has 0 atom stereocenters. The van der Waals surface area contributed by atoms with Crippen LogP contribution in [0, 0.1) is 0 Å². The molecule has 9 aromatic rings. The van der Waals surface area contributed by atoms with E-state index in [1.807, 2.05) is 0 Å². The van der Waals surface area contributed by atoms with Crippen molar-refractivity contribution in [1.29, 1.82) is 0 Å². The molecule has 0 fully saturated rings. The Bertz CT molecular complexity index is 2680. The highest BCUT2D eigenvalue weighted by Crippen LogP contribution is 2.49. The second kappa shape index (κ2) is 12.8. The molecule has 0 aromatic heterocycles. The monoisotopic (exact) mass is 638 g/mol. The topological polar surface area (TPSA) is 0 Å².